The fraction of sp³-hybridized carbons (Fsp3) is 0.350. The summed E-state index contributed by atoms with van der Waals surface area (Å²) in [5, 5.41) is 6.07. The first kappa shape index (κ1) is 17.9. The number of likely N-dealkylation sites (tertiary alicyclic amines) is 1. The molecule has 2 N–H and O–H groups in total. The Hall–Kier alpha value is -2.89. The highest BCUT2D eigenvalue weighted by molar-refractivity contribution is 5.93. The van der Waals surface area contributed by atoms with Crippen molar-refractivity contribution >= 4 is 17.5 Å². The molecule has 2 heterocycles. The molecule has 1 aliphatic rings. The molecule has 0 bridgehead atoms. The number of hydrogen-bond donors (Lipinski definition) is 2. The van der Waals surface area contributed by atoms with E-state index in [4.69, 9.17) is 0 Å². The third kappa shape index (κ3) is 4.59. The lowest BCUT2D eigenvalue weighted by Crippen LogP contribution is -2.24. The van der Waals surface area contributed by atoms with Crippen LogP contribution in [-0.2, 0) is 17.9 Å². The zero-order chi connectivity index (χ0) is 18.4. The van der Waals surface area contributed by atoms with Gasteiger partial charge in [0, 0.05) is 44.5 Å². The predicted octanol–water partition coefficient (Wildman–Crippen LogP) is 2.57. The van der Waals surface area contributed by atoms with Crippen molar-refractivity contribution in [1.29, 1.82) is 0 Å². The topological polar surface area (TPSA) is 74.3 Å². The molecule has 6 heteroatoms. The molecular formula is C20H24N4O2. The number of carbonyl (C=O) groups excluding carboxylic acids is 2. The molecule has 2 aromatic rings. The Morgan fingerprint density at radius 1 is 1.23 bits per heavy atom. The van der Waals surface area contributed by atoms with E-state index in [0.29, 0.717) is 31.7 Å². The number of amides is 2. The van der Waals surface area contributed by atoms with Gasteiger partial charge < -0.3 is 15.5 Å². The van der Waals surface area contributed by atoms with Gasteiger partial charge in [-0.2, -0.15) is 0 Å². The number of aromatic nitrogens is 1. The molecule has 26 heavy (non-hydrogen) atoms. The van der Waals surface area contributed by atoms with Crippen LogP contribution in [0, 0.1) is 0 Å². The molecule has 1 fully saturated rings. The van der Waals surface area contributed by atoms with E-state index >= 15 is 0 Å². The minimum absolute atomic E-state index is 0.173. The molecule has 136 valence electrons. The van der Waals surface area contributed by atoms with Crippen LogP contribution in [0.1, 0.15) is 41.4 Å². The van der Waals surface area contributed by atoms with Gasteiger partial charge in [0.2, 0.25) is 5.91 Å². The van der Waals surface area contributed by atoms with Gasteiger partial charge in [-0.3, -0.25) is 14.6 Å². The summed E-state index contributed by atoms with van der Waals surface area (Å²) < 4.78 is 0. The fourth-order valence-corrected chi connectivity index (χ4v) is 3.05. The summed E-state index contributed by atoms with van der Waals surface area (Å²) in [4.78, 5) is 29.7. The molecule has 0 spiro atoms. The second-order valence-corrected chi connectivity index (χ2v) is 6.38. The van der Waals surface area contributed by atoms with Gasteiger partial charge in [0.05, 0.1) is 0 Å². The van der Waals surface area contributed by atoms with Crippen LogP contribution in [-0.4, -0.2) is 34.8 Å². The van der Waals surface area contributed by atoms with E-state index in [2.05, 4.69) is 27.8 Å². The van der Waals surface area contributed by atoms with Gasteiger partial charge >= 0.3 is 0 Å². The van der Waals surface area contributed by atoms with Gasteiger partial charge in [0.25, 0.3) is 5.91 Å². The Labute approximate surface area is 153 Å². The molecule has 0 unspecified atom stereocenters. The molecule has 0 aliphatic carbocycles. The van der Waals surface area contributed by atoms with E-state index in [-0.39, 0.29) is 11.8 Å². The first-order valence-electron chi connectivity index (χ1n) is 8.99. The predicted molar refractivity (Wildman–Crippen MR) is 101 cm³/mol. The molecule has 6 nitrogen and oxygen atoms in total. The van der Waals surface area contributed by atoms with Gasteiger partial charge in [-0.1, -0.05) is 24.3 Å². The van der Waals surface area contributed by atoms with Crippen molar-refractivity contribution in [3.63, 3.8) is 0 Å². The van der Waals surface area contributed by atoms with Crippen LogP contribution in [0.4, 0.5) is 5.69 Å². The molecule has 2 amide bonds. The van der Waals surface area contributed by atoms with Crippen molar-refractivity contribution in [3.8, 4) is 0 Å². The molecule has 0 atom stereocenters. The molecule has 1 aliphatic heterocycles. The lowest BCUT2D eigenvalue weighted by Gasteiger charge is -2.16. The summed E-state index contributed by atoms with van der Waals surface area (Å²) in [5.74, 6) is 0.0663. The van der Waals surface area contributed by atoms with Gasteiger partial charge in [0.1, 0.15) is 5.69 Å². The van der Waals surface area contributed by atoms with Crippen LogP contribution in [0.3, 0.4) is 0 Å². The molecular weight excluding hydrogens is 328 g/mol. The highest BCUT2D eigenvalue weighted by Gasteiger charge is 2.19. The van der Waals surface area contributed by atoms with Crippen LogP contribution >= 0.6 is 0 Å². The van der Waals surface area contributed by atoms with E-state index < -0.39 is 0 Å². The van der Waals surface area contributed by atoms with Crippen molar-refractivity contribution in [1.82, 2.24) is 15.2 Å². The highest BCUT2D eigenvalue weighted by Crippen LogP contribution is 2.16. The Kier molecular flexibility index (Phi) is 5.84. The number of hydrogen-bond acceptors (Lipinski definition) is 4. The van der Waals surface area contributed by atoms with Gasteiger partial charge in [0.15, 0.2) is 0 Å². The Morgan fingerprint density at radius 3 is 2.85 bits per heavy atom. The monoisotopic (exact) mass is 352 g/mol. The third-order valence-corrected chi connectivity index (χ3v) is 4.36. The Morgan fingerprint density at radius 2 is 2.08 bits per heavy atom. The third-order valence-electron chi connectivity index (χ3n) is 4.36. The number of anilines is 1. The maximum absolute atomic E-state index is 11.9. The number of carbonyl (C=O) groups is 2. The maximum Gasteiger partial charge on any atom is 0.269 e. The van der Waals surface area contributed by atoms with Crippen molar-refractivity contribution < 1.29 is 9.59 Å². The zero-order valence-corrected chi connectivity index (χ0v) is 15.0. The highest BCUT2D eigenvalue weighted by atomic mass is 16.2. The van der Waals surface area contributed by atoms with E-state index in [1.54, 1.807) is 12.3 Å². The number of benzene rings is 1. The van der Waals surface area contributed by atoms with Crippen molar-refractivity contribution in [2.75, 3.05) is 18.4 Å². The molecule has 1 aromatic carbocycles. The van der Waals surface area contributed by atoms with Crippen LogP contribution in [0.2, 0.25) is 0 Å². The van der Waals surface area contributed by atoms with Gasteiger partial charge in [-0.15, -0.1) is 0 Å². The van der Waals surface area contributed by atoms with Crippen molar-refractivity contribution in [3.05, 3.63) is 59.4 Å². The second kappa shape index (κ2) is 8.47. The number of nitrogens with one attached hydrogen (secondary N) is 2. The molecule has 1 aromatic heterocycles. The molecule has 3 rings (SSSR count). The van der Waals surface area contributed by atoms with E-state index in [0.717, 1.165) is 29.8 Å². The lowest BCUT2D eigenvalue weighted by atomic mass is 10.1. The first-order valence-corrected chi connectivity index (χ1v) is 8.99. The minimum Gasteiger partial charge on any atom is -0.381 e. The number of nitrogens with zero attached hydrogens (tertiary/aromatic N) is 2. The average molecular weight is 352 g/mol. The normalized spacial score (nSPS) is 13.7. The SMILES string of the molecule is CCNC(=O)c1cc(NCc2cccc(CN3CCCC3=O)c2)ccn1. The van der Waals surface area contributed by atoms with E-state index in [1.165, 1.54) is 0 Å². The summed E-state index contributed by atoms with van der Waals surface area (Å²) in [5.41, 5.74) is 3.52. The largest absolute Gasteiger partial charge is 0.381 e. The minimum atomic E-state index is -0.173. The molecule has 0 radical (unpaired) electrons. The van der Waals surface area contributed by atoms with Gasteiger partial charge in [-0.25, -0.2) is 0 Å². The number of pyridine rings is 1. The van der Waals surface area contributed by atoms with Crippen LogP contribution in [0.5, 0.6) is 0 Å². The standard InChI is InChI=1S/C20H24N4O2/c1-2-21-20(26)18-12-17(8-9-22-18)23-13-15-5-3-6-16(11-15)14-24-10-4-7-19(24)25/h3,5-6,8-9,11-12H,2,4,7,10,13-14H2,1H3,(H,21,26)(H,22,23). The summed E-state index contributed by atoms with van der Waals surface area (Å²) in [7, 11) is 0. The summed E-state index contributed by atoms with van der Waals surface area (Å²) in [6.07, 6.45) is 3.25. The van der Waals surface area contributed by atoms with Crippen molar-refractivity contribution in [2.45, 2.75) is 32.9 Å². The van der Waals surface area contributed by atoms with Crippen LogP contribution in [0.15, 0.2) is 42.6 Å². The molecule has 1 saturated heterocycles. The zero-order valence-electron chi connectivity index (χ0n) is 15.0. The second-order valence-electron chi connectivity index (χ2n) is 6.38. The van der Waals surface area contributed by atoms with Crippen LogP contribution in [0.25, 0.3) is 0 Å². The van der Waals surface area contributed by atoms with E-state index in [1.807, 2.05) is 30.0 Å². The Bertz CT molecular complexity index is 791. The quantitative estimate of drug-likeness (QED) is 0.803. The fourth-order valence-electron chi connectivity index (χ4n) is 3.05. The summed E-state index contributed by atoms with van der Waals surface area (Å²) in [6, 6.07) is 11.8. The maximum atomic E-state index is 11.9. The number of rotatable bonds is 7. The Balaban J connectivity index is 1.61. The van der Waals surface area contributed by atoms with Crippen molar-refractivity contribution in [2.24, 2.45) is 0 Å². The summed E-state index contributed by atoms with van der Waals surface area (Å²) >= 11 is 0. The van der Waals surface area contributed by atoms with Crippen LogP contribution < -0.4 is 10.6 Å². The van der Waals surface area contributed by atoms with Gasteiger partial charge in [-0.05, 0) is 36.6 Å². The first-order chi connectivity index (χ1) is 12.7. The smallest absolute Gasteiger partial charge is 0.269 e. The molecule has 0 saturated carbocycles. The average Bonchev–Trinajstić information content (AvgIpc) is 3.05. The summed E-state index contributed by atoms with van der Waals surface area (Å²) in [6.45, 7) is 4.61. The lowest BCUT2D eigenvalue weighted by molar-refractivity contribution is -0.128. The van der Waals surface area contributed by atoms with E-state index in [9.17, 15) is 9.59 Å².